The van der Waals surface area contributed by atoms with E-state index in [1.165, 1.54) is 18.6 Å². The first-order valence-corrected chi connectivity index (χ1v) is 6.03. The summed E-state index contributed by atoms with van der Waals surface area (Å²) >= 11 is 3.35. The van der Waals surface area contributed by atoms with E-state index in [4.69, 9.17) is 0 Å². The highest BCUT2D eigenvalue weighted by atomic mass is 79.9. The van der Waals surface area contributed by atoms with Crippen LogP contribution in [-0.2, 0) is 6.54 Å². The monoisotopic (exact) mass is 273 g/mol. The molecule has 0 heterocycles. The fraction of sp³-hybridized carbons (Fsp3) is 0.500. The van der Waals surface area contributed by atoms with Crippen molar-refractivity contribution in [1.29, 1.82) is 0 Å². The van der Waals surface area contributed by atoms with Crippen molar-refractivity contribution in [2.24, 2.45) is 5.92 Å². The van der Waals surface area contributed by atoms with E-state index in [2.05, 4.69) is 35.1 Å². The molecule has 0 bridgehead atoms. The summed E-state index contributed by atoms with van der Waals surface area (Å²) in [7, 11) is 0. The number of hydrogen-bond donors (Lipinski definition) is 1. The zero-order chi connectivity index (χ0) is 11.3. The third kappa shape index (κ3) is 4.76. The van der Waals surface area contributed by atoms with Gasteiger partial charge in [0.1, 0.15) is 5.82 Å². The summed E-state index contributed by atoms with van der Waals surface area (Å²) in [5.41, 5.74) is 1.10. The smallest absolute Gasteiger partial charge is 0.124 e. The Kier molecular flexibility index (Phi) is 5.26. The third-order valence-electron chi connectivity index (χ3n) is 2.23. The van der Waals surface area contributed by atoms with Gasteiger partial charge in [0, 0.05) is 11.0 Å². The van der Waals surface area contributed by atoms with Gasteiger partial charge in [-0.15, -0.1) is 0 Å². The molecule has 0 aliphatic rings. The molecule has 1 aromatic rings. The van der Waals surface area contributed by atoms with Crippen LogP contribution in [0.3, 0.4) is 0 Å². The molecular weight excluding hydrogens is 257 g/mol. The van der Waals surface area contributed by atoms with Gasteiger partial charge >= 0.3 is 0 Å². The van der Waals surface area contributed by atoms with Crippen LogP contribution in [0.25, 0.3) is 0 Å². The summed E-state index contributed by atoms with van der Waals surface area (Å²) in [4.78, 5) is 0. The van der Waals surface area contributed by atoms with Crippen LogP contribution < -0.4 is 5.32 Å². The highest BCUT2D eigenvalue weighted by Gasteiger charge is 2.01. The first-order chi connectivity index (χ1) is 7.09. The van der Waals surface area contributed by atoms with Crippen molar-refractivity contribution in [2.45, 2.75) is 26.8 Å². The molecule has 0 fully saturated rings. The van der Waals surface area contributed by atoms with Crippen LogP contribution >= 0.6 is 15.9 Å². The minimum absolute atomic E-state index is 0.201. The second kappa shape index (κ2) is 6.23. The van der Waals surface area contributed by atoms with Crippen LogP contribution in [0.15, 0.2) is 22.7 Å². The minimum Gasteiger partial charge on any atom is -0.313 e. The molecule has 0 amide bonds. The number of rotatable bonds is 5. The molecule has 0 unspecified atom stereocenters. The maximum Gasteiger partial charge on any atom is 0.124 e. The van der Waals surface area contributed by atoms with Crippen molar-refractivity contribution >= 4 is 15.9 Å². The van der Waals surface area contributed by atoms with Gasteiger partial charge in [0.05, 0.1) is 0 Å². The van der Waals surface area contributed by atoms with Gasteiger partial charge in [-0.1, -0.05) is 35.8 Å². The van der Waals surface area contributed by atoms with Crippen LogP contribution in [0.1, 0.15) is 25.8 Å². The number of halogens is 2. The van der Waals surface area contributed by atoms with E-state index in [1.54, 1.807) is 0 Å². The summed E-state index contributed by atoms with van der Waals surface area (Å²) in [6, 6.07) is 4.80. The molecule has 0 saturated carbocycles. The largest absolute Gasteiger partial charge is 0.313 e. The predicted octanol–water partition coefficient (Wildman–Crippen LogP) is 3.72. The maximum atomic E-state index is 12.8. The average molecular weight is 274 g/mol. The SMILES string of the molecule is CC(C)CCNCc1ccc(F)cc1Br. The van der Waals surface area contributed by atoms with Crippen LogP contribution in [0.4, 0.5) is 4.39 Å². The lowest BCUT2D eigenvalue weighted by Gasteiger charge is -2.08. The molecule has 0 aliphatic carbocycles. The number of nitrogens with one attached hydrogen (secondary N) is 1. The second-order valence-corrected chi connectivity index (χ2v) is 4.95. The van der Waals surface area contributed by atoms with Gasteiger partial charge in [-0.3, -0.25) is 0 Å². The van der Waals surface area contributed by atoms with E-state index >= 15 is 0 Å². The lowest BCUT2D eigenvalue weighted by molar-refractivity contribution is 0.537. The van der Waals surface area contributed by atoms with Crippen LogP contribution in [0.5, 0.6) is 0 Å². The van der Waals surface area contributed by atoms with Crippen molar-refractivity contribution < 1.29 is 4.39 Å². The lowest BCUT2D eigenvalue weighted by Crippen LogP contribution is -2.16. The van der Waals surface area contributed by atoms with Crippen LogP contribution in [0, 0.1) is 11.7 Å². The highest BCUT2D eigenvalue weighted by Crippen LogP contribution is 2.17. The number of hydrogen-bond acceptors (Lipinski definition) is 1. The molecule has 0 atom stereocenters. The van der Waals surface area contributed by atoms with Gasteiger partial charge in [0.2, 0.25) is 0 Å². The van der Waals surface area contributed by atoms with Gasteiger partial charge in [-0.05, 0) is 36.6 Å². The third-order valence-corrected chi connectivity index (χ3v) is 2.97. The quantitative estimate of drug-likeness (QED) is 0.807. The Balaban J connectivity index is 2.37. The summed E-state index contributed by atoms with van der Waals surface area (Å²) in [5, 5.41) is 3.34. The topological polar surface area (TPSA) is 12.0 Å². The normalized spacial score (nSPS) is 11.0. The first kappa shape index (κ1) is 12.7. The van der Waals surface area contributed by atoms with Crippen LogP contribution in [-0.4, -0.2) is 6.54 Å². The van der Waals surface area contributed by atoms with E-state index < -0.39 is 0 Å². The molecule has 1 N–H and O–H groups in total. The van der Waals surface area contributed by atoms with E-state index in [1.807, 2.05) is 6.07 Å². The van der Waals surface area contributed by atoms with Crippen molar-refractivity contribution in [2.75, 3.05) is 6.54 Å². The molecule has 0 aromatic heterocycles. The van der Waals surface area contributed by atoms with Crippen molar-refractivity contribution in [3.05, 3.63) is 34.1 Å². The average Bonchev–Trinajstić information content (AvgIpc) is 2.14. The fourth-order valence-electron chi connectivity index (χ4n) is 1.28. The zero-order valence-electron chi connectivity index (χ0n) is 9.19. The summed E-state index contributed by atoms with van der Waals surface area (Å²) in [5.74, 6) is 0.516. The Morgan fingerprint density at radius 2 is 2.13 bits per heavy atom. The Bertz CT molecular complexity index is 312. The zero-order valence-corrected chi connectivity index (χ0v) is 10.8. The Morgan fingerprint density at radius 3 is 2.73 bits per heavy atom. The van der Waals surface area contributed by atoms with Gasteiger partial charge in [-0.2, -0.15) is 0 Å². The lowest BCUT2D eigenvalue weighted by atomic mass is 10.1. The molecule has 0 radical (unpaired) electrons. The molecule has 0 aliphatic heterocycles. The molecule has 0 spiro atoms. The molecule has 1 rings (SSSR count). The maximum absolute atomic E-state index is 12.8. The van der Waals surface area contributed by atoms with E-state index in [9.17, 15) is 4.39 Å². The molecule has 1 nitrogen and oxygen atoms in total. The predicted molar refractivity (Wildman–Crippen MR) is 65.3 cm³/mol. The summed E-state index contributed by atoms with van der Waals surface area (Å²) in [6.45, 7) is 6.19. The molecular formula is C12H17BrFN. The van der Waals surface area contributed by atoms with Gasteiger partial charge in [0.25, 0.3) is 0 Å². The minimum atomic E-state index is -0.201. The Morgan fingerprint density at radius 1 is 1.40 bits per heavy atom. The van der Waals surface area contributed by atoms with Gasteiger partial charge < -0.3 is 5.32 Å². The molecule has 3 heteroatoms. The Labute approximate surface area is 99.2 Å². The standard InChI is InChI=1S/C12H17BrFN/c1-9(2)5-6-15-8-10-3-4-11(14)7-12(10)13/h3-4,7,9,15H,5-6,8H2,1-2H3. The van der Waals surface area contributed by atoms with E-state index in [0.29, 0.717) is 5.92 Å². The summed E-state index contributed by atoms with van der Waals surface area (Å²) < 4.78 is 13.6. The van der Waals surface area contributed by atoms with Gasteiger partial charge in [0.15, 0.2) is 0 Å². The molecule has 1 aromatic carbocycles. The first-order valence-electron chi connectivity index (χ1n) is 5.24. The summed E-state index contributed by atoms with van der Waals surface area (Å²) in [6.07, 6.45) is 1.17. The van der Waals surface area contributed by atoms with E-state index in [-0.39, 0.29) is 5.82 Å². The van der Waals surface area contributed by atoms with Crippen molar-refractivity contribution in [3.63, 3.8) is 0 Å². The molecule has 15 heavy (non-hydrogen) atoms. The Hall–Kier alpha value is -0.410. The van der Waals surface area contributed by atoms with Crippen molar-refractivity contribution in [1.82, 2.24) is 5.32 Å². The fourth-order valence-corrected chi connectivity index (χ4v) is 1.77. The number of benzene rings is 1. The van der Waals surface area contributed by atoms with E-state index in [0.717, 1.165) is 23.1 Å². The second-order valence-electron chi connectivity index (χ2n) is 4.10. The van der Waals surface area contributed by atoms with Crippen LogP contribution in [0.2, 0.25) is 0 Å². The molecule has 0 saturated heterocycles. The highest BCUT2D eigenvalue weighted by molar-refractivity contribution is 9.10. The van der Waals surface area contributed by atoms with Crippen molar-refractivity contribution in [3.8, 4) is 0 Å². The van der Waals surface area contributed by atoms with Gasteiger partial charge in [-0.25, -0.2) is 4.39 Å². The molecule has 84 valence electrons.